The van der Waals surface area contributed by atoms with Crippen molar-refractivity contribution in [2.45, 2.75) is 76.4 Å². The van der Waals surface area contributed by atoms with Crippen LogP contribution in [0.5, 0.6) is 0 Å². The lowest BCUT2D eigenvalue weighted by Gasteiger charge is -2.48. The van der Waals surface area contributed by atoms with Crippen LogP contribution < -0.4 is 0 Å². The van der Waals surface area contributed by atoms with E-state index in [1.165, 1.54) is 30.4 Å². The molecule has 3 heteroatoms. The van der Waals surface area contributed by atoms with E-state index < -0.39 is 0 Å². The molecular formula is C24H33ClO2. The average molecular weight is 389 g/mol. The second kappa shape index (κ2) is 7.21. The molecule has 3 aliphatic rings. The highest BCUT2D eigenvalue weighted by atomic mass is 35.5. The highest BCUT2D eigenvalue weighted by Crippen LogP contribution is 2.60. The fourth-order valence-electron chi connectivity index (χ4n) is 6.30. The highest BCUT2D eigenvalue weighted by Gasteiger charge is 2.50. The van der Waals surface area contributed by atoms with E-state index in [-0.39, 0.29) is 12.2 Å². The van der Waals surface area contributed by atoms with Crippen molar-refractivity contribution in [1.29, 1.82) is 0 Å². The zero-order valence-corrected chi connectivity index (χ0v) is 18.1. The molecule has 0 radical (unpaired) electrons. The van der Waals surface area contributed by atoms with Crippen LogP contribution in [0.4, 0.5) is 0 Å². The van der Waals surface area contributed by atoms with Gasteiger partial charge in [-0.15, -0.1) is 11.6 Å². The number of benzene rings is 1. The maximum atomic E-state index is 6.50. The van der Waals surface area contributed by atoms with Gasteiger partial charge in [-0.1, -0.05) is 37.6 Å². The summed E-state index contributed by atoms with van der Waals surface area (Å²) >= 11 is 6.50. The number of methoxy groups -OCH3 is 2. The van der Waals surface area contributed by atoms with Crippen LogP contribution >= 0.6 is 11.6 Å². The number of fused-ring (bicyclic) bond motifs is 5. The number of allylic oxidation sites excluding steroid dienone is 2. The molecule has 3 aliphatic carbocycles. The number of ether oxygens (including phenoxy) is 2. The first-order chi connectivity index (χ1) is 12.9. The first kappa shape index (κ1) is 19.5. The summed E-state index contributed by atoms with van der Waals surface area (Å²) in [6.07, 6.45) is 8.19. The molecule has 0 spiro atoms. The van der Waals surface area contributed by atoms with E-state index in [1.807, 2.05) is 0 Å². The Morgan fingerprint density at radius 1 is 1.19 bits per heavy atom. The van der Waals surface area contributed by atoms with Crippen LogP contribution in [-0.2, 0) is 15.9 Å². The summed E-state index contributed by atoms with van der Waals surface area (Å²) in [5.41, 5.74) is 7.95. The van der Waals surface area contributed by atoms with E-state index in [2.05, 4.69) is 39.0 Å². The predicted molar refractivity (Wildman–Crippen MR) is 112 cm³/mol. The molecule has 2 nitrogen and oxygen atoms in total. The Morgan fingerprint density at radius 2 is 1.93 bits per heavy atom. The van der Waals surface area contributed by atoms with Crippen molar-refractivity contribution < 1.29 is 9.47 Å². The minimum Gasteiger partial charge on any atom is -0.355 e. The molecule has 1 fully saturated rings. The van der Waals surface area contributed by atoms with Crippen molar-refractivity contribution in [3.05, 3.63) is 46.0 Å². The van der Waals surface area contributed by atoms with Gasteiger partial charge in [-0.25, -0.2) is 0 Å². The summed E-state index contributed by atoms with van der Waals surface area (Å²) in [6.45, 7) is 7.02. The minimum absolute atomic E-state index is 0.199. The number of rotatable bonds is 4. The standard InChI is InChI=1S/C24H33ClO2/c1-14-18(15(2)23(26-4)27-5)8-9-19-20-7-6-16-12-17(25)10-11-24(16,3)22(20)13-21(14)19/h6,8-9,15,17,20,22-23H,7,10-13H2,1-5H3/t15-,17?,20?,22?,24-/m0/s1. The van der Waals surface area contributed by atoms with Gasteiger partial charge in [0.05, 0.1) is 0 Å². The normalized spacial score (nSPS) is 33.3. The lowest BCUT2D eigenvalue weighted by Crippen LogP contribution is -2.39. The first-order valence-electron chi connectivity index (χ1n) is 10.4. The van der Waals surface area contributed by atoms with Crippen LogP contribution in [-0.4, -0.2) is 25.9 Å². The molecule has 0 aliphatic heterocycles. The van der Waals surface area contributed by atoms with Gasteiger partial charge in [-0.05, 0) is 78.5 Å². The Morgan fingerprint density at radius 3 is 2.63 bits per heavy atom. The molecule has 0 saturated heterocycles. The molecule has 0 heterocycles. The molecule has 0 N–H and O–H groups in total. The third kappa shape index (κ3) is 2.99. The van der Waals surface area contributed by atoms with Crippen molar-refractivity contribution in [3.8, 4) is 0 Å². The summed E-state index contributed by atoms with van der Waals surface area (Å²) in [5, 5.41) is 0.332. The smallest absolute Gasteiger partial charge is 0.163 e. The van der Waals surface area contributed by atoms with Gasteiger partial charge in [0.15, 0.2) is 6.29 Å². The van der Waals surface area contributed by atoms with Crippen LogP contribution in [0.3, 0.4) is 0 Å². The second-order valence-electron chi connectivity index (χ2n) is 9.12. The molecule has 1 saturated carbocycles. The molecule has 4 rings (SSSR count). The van der Waals surface area contributed by atoms with Crippen LogP contribution in [0, 0.1) is 18.3 Å². The Labute approximate surface area is 169 Å². The number of hydrogen-bond donors (Lipinski definition) is 0. The van der Waals surface area contributed by atoms with Crippen LogP contribution in [0.2, 0.25) is 0 Å². The lowest BCUT2D eigenvalue weighted by atomic mass is 9.57. The Kier molecular flexibility index (Phi) is 5.20. The van der Waals surface area contributed by atoms with Crippen molar-refractivity contribution in [3.63, 3.8) is 0 Å². The summed E-state index contributed by atoms with van der Waals surface area (Å²) in [5.74, 6) is 1.62. The quantitative estimate of drug-likeness (QED) is 0.352. The van der Waals surface area contributed by atoms with Crippen molar-refractivity contribution in [2.24, 2.45) is 11.3 Å². The van der Waals surface area contributed by atoms with E-state index in [9.17, 15) is 0 Å². The van der Waals surface area contributed by atoms with E-state index >= 15 is 0 Å². The molecule has 148 valence electrons. The molecular weight excluding hydrogens is 356 g/mol. The third-order valence-corrected chi connectivity index (χ3v) is 8.31. The summed E-state index contributed by atoms with van der Waals surface area (Å²) in [7, 11) is 3.45. The van der Waals surface area contributed by atoms with E-state index in [0.717, 1.165) is 18.8 Å². The third-order valence-electron chi connectivity index (χ3n) is 7.94. The fourth-order valence-corrected chi connectivity index (χ4v) is 6.57. The number of hydrogen-bond acceptors (Lipinski definition) is 2. The van der Waals surface area contributed by atoms with Crippen LogP contribution in [0.1, 0.15) is 73.6 Å². The second-order valence-corrected chi connectivity index (χ2v) is 9.73. The van der Waals surface area contributed by atoms with Gasteiger partial charge in [0.2, 0.25) is 0 Å². The highest BCUT2D eigenvalue weighted by molar-refractivity contribution is 6.20. The minimum atomic E-state index is -0.199. The van der Waals surface area contributed by atoms with Gasteiger partial charge in [0, 0.05) is 25.5 Å². The molecule has 0 amide bonds. The zero-order valence-electron chi connectivity index (χ0n) is 17.3. The maximum absolute atomic E-state index is 6.50. The molecule has 1 aromatic carbocycles. The largest absolute Gasteiger partial charge is 0.355 e. The van der Waals surface area contributed by atoms with Crippen molar-refractivity contribution >= 4 is 11.6 Å². The molecule has 3 unspecified atom stereocenters. The molecule has 1 aromatic rings. The Balaban J connectivity index is 1.68. The molecule has 0 aromatic heterocycles. The molecule has 5 atom stereocenters. The summed E-state index contributed by atoms with van der Waals surface area (Å²) in [6, 6.07) is 4.72. The first-order valence-corrected chi connectivity index (χ1v) is 10.9. The predicted octanol–water partition coefficient (Wildman–Crippen LogP) is 6.10. The number of alkyl halides is 1. The van der Waals surface area contributed by atoms with E-state index in [0.29, 0.717) is 16.7 Å². The average Bonchev–Trinajstić information content (AvgIpc) is 3.04. The summed E-state index contributed by atoms with van der Waals surface area (Å²) in [4.78, 5) is 0. The van der Waals surface area contributed by atoms with Crippen LogP contribution in [0.25, 0.3) is 0 Å². The van der Waals surface area contributed by atoms with Crippen LogP contribution in [0.15, 0.2) is 23.8 Å². The van der Waals surface area contributed by atoms with Gasteiger partial charge >= 0.3 is 0 Å². The van der Waals surface area contributed by atoms with Gasteiger partial charge in [0.1, 0.15) is 0 Å². The SMILES string of the molecule is COC(OC)[C@@H](C)c1ccc2c(c1C)CC1C2CC=C2CC(Cl)CC[C@@]21C. The summed E-state index contributed by atoms with van der Waals surface area (Å²) < 4.78 is 11.1. The van der Waals surface area contributed by atoms with Gasteiger partial charge in [0.25, 0.3) is 0 Å². The van der Waals surface area contributed by atoms with Crippen molar-refractivity contribution in [2.75, 3.05) is 14.2 Å². The monoisotopic (exact) mass is 388 g/mol. The molecule has 27 heavy (non-hydrogen) atoms. The zero-order chi connectivity index (χ0) is 19.3. The molecule has 0 bridgehead atoms. The van der Waals surface area contributed by atoms with Gasteiger partial charge in [-0.3, -0.25) is 0 Å². The van der Waals surface area contributed by atoms with Gasteiger partial charge in [-0.2, -0.15) is 0 Å². The lowest BCUT2D eigenvalue weighted by molar-refractivity contribution is -0.115. The van der Waals surface area contributed by atoms with Gasteiger partial charge < -0.3 is 9.47 Å². The van der Waals surface area contributed by atoms with E-state index in [4.69, 9.17) is 21.1 Å². The Hall–Kier alpha value is -0.830. The Bertz CT molecular complexity index is 751. The maximum Gasteiger partial charge on any atom is 0.163 e. The van der Waals surface area contributed by atoms with Crippen molar-refractivity contribution in [1.82, 2.24) is 0 Å². The number of halogens is 1. The topological polar surface area (TPSA) is 18.5 Å². The van der Waals surface area contributed by atoms with E-state index in [1.54, 1.807) is 30.9 Å². The fraction of sp³-hybridized carbons (Fsp3) is 0.667.